The van der Waals surface area contributed by atoms with Crippen LogP contribution in [0.25, 0.3) is 11.0 Å². The Balaban J connectivity index is 2.06. The average molecular weight is 356 g/mol. The van der Waals surface area contributed by atoms with Crippen molar-refractivity contribution in [1.29, 1.82) is 0 Å². The van der Waals surface area contributed by atoms with Gasteiger partial charge >= 0.3 is 0 Å². The highest BCUT2D eigenvalue weighted by molar-refractivity contribution is 6.32. The molecule has 3 rings (SSSR count). The molecule has 0 saturated carbocycles. The molecule has 2 aromatic carbocycles. The molecule has 0 aliphatic carbocycles. The smallest absolute Gasteiger partial charge is 0.276 e. The van der Waals surface area contributed by atoms with Crippen LogP contribution in [0.2, 0.25) is 5.02 Å². The molecule has 7 nitrogen and oxygen atoms in total. The van der Waals surface area contributed by atoms with Crippen molar-refractivity contribution in [3.05, 3.63) is 64.4 Å². The van der Waals surface area contributed by atoms with Crippen molar-refractivity contribution in [3.63, 3.8) is 0 Å². The molecule has 0 unspecified atom stereocenters. The monoisotopic (exact) mass is 355 g/mol. The number of nitrogens with zero attached hydrogens (tertiary/aromatic N) is 2. The summed E-state index contributed by atoms with van der Waals surface area (Å²) < 4.78 is 0. The Morgan fingerprint density at radius 3 is 2.24 bits per heavy atom. The summed E-state index contributed by atoms with van der Waals surface area (Å²) in [6, 6.07) is 11.9. The maximum atomic E-state index is 12.7. The second kappa shape index (κ2) is 6.84. The molecule has 0 aliphatic rings. The van der Waals surface area contributed by atoms with E-state index in [1.165, 1.54) is 0 Å². The van der Waals surface area contributed by atoms with Crippen LogP contribution in [0.1, 0.15) is 26.5 Å². The highest BCUT2D eigenvalue weighted by Gasteiger charge is 2.21. The van der Waals surface area contributed by atoms with Gasteiger partial charge in [0.25, 0.3) is 11.8 Å². The van der Waals surface area contributed by atoms with E-state index in [0.29, 0.717) is 27.3 Å². The number of para-hydroxylation sites is 2. The Bertz CT molecular complexity index is 990. The molecule has 0 radical (unpaired) electrons. The molecule has 25 heavy (non-hydrogen) atoms. The first-order valence-corrected chi connectivity index (χ1v) is 7.74. The maximum Gasteiger partial charge on any atom is 0.276 e. The lowest BCUT2D eigenvalue weighted by Crippen LogP contribution is -2.24. The molecule has 2 amide bonds. The van der Waals surface area contributed by atoms with Gasteiger partial charge in [0.1, 0.15) is 0 Å². The zero-order chi connectivity index (χ0) is 18.0. The number of nitrogens with one attached hydrogen (secondary N) is 1. The van der Waals surface area contributed by atoms with Crippen LogP contribution in [0.5, 0.6) is 0 Å². The number of halogens is 1. The van der Waals surface area contributed by atoms with Crippen LogP contribution in [0, 0.1) is 0 Å². The Morgan fingerprint density at radius 2 is 1.64 bits per heavy atom. The molecule has 126 valence electrons. The van der Waals surface area contributed by atoms with Crippen LogP contribution in [-0.2, 0) is 6.54 Å². The fourth-order valence-corrected chi connectivity index (χ4v) is 2.65. The average Bonchev–Trinajstić information content (AvgIpc) is 2.60. The topological polar surface area (TPSA) is 124 Å². The summed E-state index contributed by atoms with van der Waals surface area (Å²) in [5, 5.41) is 3.10. The van der Waals surface area contributed by atoms with Gasteiger partial charge in [-0.25, -0.2) is 9.97 Å². The molecular weight excluding hydrogens is 342 g/mol. The molecule has 0 saturated heterocycles. The number of hydrogen-bond donors (Lipinski definition) is 3. The predicted molar refractivity (Wildman–Crippen MR) is 95.4 cm³/mol. The molecule has 0 atom stereocenters. The van der Waals surface area contributed by atoms with Crippen molar-refractivity contribution in [1.82, 2.24) is 9.97 Å². The second-order valence-corrected chi connectivity index (χ2v) is 5.61. The number of rotatable bonds is 4. The van der Waals surface area contributed by atoms with Gasteiger partial charge in [-0.05, 0) is 24.3 Å². The number of carbonyl (C=O) groups excluding carboxylic acids is 2. The molecule has 0 fully saturated rings. The van der Waals surface area contributed by atoms with Crippen LogP contribution in [0.15, 0.2) is 42.5 Å². The summed E-state index contributed by atoms with van der Waals surface area (Å²) >= 11 is 6.09. The maximum absolute atomic E-state index is 12.7. The van der Waals surface area contributed by atoms with E-state index >= 15 is 0 Å². The SMILES string of the molecule is NCc1c(Cl)cccc1NC(=O)c1nc2ccccc2nc1C(N)=O. The minimum Gasteiger partial charge on any atom is -0.364 e. The van der Waals surface area contributed by atoms with E-state index in [-0.39, 0.29) is 17.9 Å². The summed E-state index contributed by atoms with van der Waals surface area (Å²) in [6.07, 6.45) is 0. The molecule has 0 bridgehead atoms. The number of anilines is 1. The van der Waals surface area contributed by atoms with Crippen LogP contribution in [0.3, 0.4) is 0 Å². The minimum atomic E-state index is -0.839. The summed E-state index contributed by atoms with van der Waals surface area (Å²) in [4.78, 5) is 32.7. The Labute approximate surface area is 148 Å². The molecule has 1 aromatic heterocycles. The van der Waals surface area contributed by atoms with E-state index < -0.39 is 11.8 Å². The van der Waals surface area contributed by atoms with Gasteiger partial charge in [0.15, 0.2) is 11.4 Å². The zero-order valence-corrected chi connectivity index (χ0v) is 13.7. The normalized spacial score (nSPS) is 10.6. The first kappa shape index (κ1) is 16.8. The summed E-state index contributed by atoms with van der Waals surface area (Å²) in [6.45, 7) is 0.140. The lowest BCUT2D eigenvalue weighted by atomic mass is 10.1. The number of hydrogen-bond acceptors (Lipinski definition) is 5. The Morgan fingerprint density at radius 1 is 1.00 bits per heavy atom. The van der Waals surface area contributed by atoms with Crippen LogP contribution in [0.4, 0.5) is 5.69 Å². The van der Waals surface area contributed by atoms with Gasteiger partial charge in [0, 0.05) is 22.8 Å². The summed E-state index contributed by atoms with van der Waals surface area (Å²) in [7, 11) is 0. The van der Waals surface area contributed by atoms with Crippen molar-refractivity contribution < 1.29 is 9.59 Å². The first-order valence-electron chi connectivity index (χ1n) is 7.36. The third-order valence-corrected chi connectivity index (χ3v) is 3.94. The van der Waals surface area contributed by atoms with Gasteiger partial charge in [-0.2, -0.15) is 0 Å². The van der Waals surface area contributed by atoms with Crippen LogP contribution >= 0.6 is 11.6 Å². The van der Waals surface area contributed by atoms with E-state index in [1.807, 2.05) is 0 Å². The Hall–Kier alpha value is -3.03. The van der Waals surface area contributed by atoms with Crippen molar-refractivity contribution in [2.75, 3.05) is 5.32 Å². The van der Waals surface area contributed by atoms with Gasteiger partial charge in [0.05, 0.1) is 11.0 Å². The quantitative estimate of drug-likeness (QED) is 0.661. The van der Waals surface area contributed by atoms with E-state index in [0.717, 1.165) is 0 Å². The standard InChI is InChI=1S/C17H14ClN5O2/c18-10-4-3-7-11(9(10)8-19)23-17(25)15-14(16(20)24)21-12-5-1-2-6-13(12)22-15/h1-7H,8,19H2,(H2,20,24)(H,23,25). The van der Waals surface area contributed by atoms with E-state index in [4.69, 9.17) is 23.1 Å². The predicted octanol–water partition coefficient (Wildman–Crippen LogP) is 2.09. The molecule has 0 spiro atoms. The van der Waals surface area contributed by atoms with Gasteiger partial charge in [-0.15, -0.1) is 0 Å². The van der Waals surface area contributed by atoms with Crippen LogP contribution < -0.4 is 16.8 Å². The number of fused-ring (bicyclic) bond motifs is 1. The number of nitrogens with two attached hydrogens (primary N) is 2. The van der Waals surface area contributed by atoms with Gasteiger partial charge in [-0.1, -0.05) is 29.8 Å². The number of amides is 2. The lowest BCUT2D eigenvalue weighted by Gasteiger charge is -2.12. The Kier molecular flexibility index (Phi) is 4.60. The highest BCUT2D eigenvalue weighted by Crippen LogP contribution is 2.24. The summed E-state index contributed by atoms with van der Waals surface area (Å²) in [5.41, 5.74) is 12.6. The molecule has 3 aromatic rings. The van der Waals surface area contributed by atoms with E-state index in [2.05, 4.69) is 15.3 Å². The first-order chi connectivity index (χ1) is 12.0. The molecule has 5 N–H and O–H groups in total. The number of aromatic nitrogens is 2. The lowest BCUT2D eigenvalue weighted by molar-refractivity contribution is 0.0970. The summed E-state index contributed by atoms with van der Waals surface area (Å²) in [5.74, 6) is -1.46. The molecule has 8 heteroatoms. The number of primary amides is 1. The molecular formula is C17H14ClN5O2. The third kappa shape index (κ3) is 3.28. The van der Waals surface area contributed by atoms with Crippen molar-refractivity contribution in [2.45, 2.75) is 6.54 Å². The minimum absolute atomic E-state index is 0.140. The largest absolute Gasteiger partial charge is 0.364 e. The fourth-order valence-electron chi connectivity index (χ4n) is 2.39. The number of carbonyl (C=O) groups is 2. The number of benzene rings is 2. The van der Waals surface area contributed by atoms with Crippen LogP contribution in [-0.4, -0.2) is 21.8 Å². The highest BCUT2D eigenvalue weighted by atomic mass is 35.5. The zero-order valence-electron chi connectivity index (χ0n) is 13.0. The van der Waals surface area contributed by atoms with Crippen molar-refractivity contribution in [2.24, 2.45) is 11.5 Å². The van der Waals surface area contributed by atoms with Crippen molar-refractivity contribution >= 4 is 40.1 Å². The molecule has 0 aliphatic heterocycles. The van der Waals surface area contributed by atoms with Gasteiger partial charge < -0.3 is 16.8 Å². The van der Waals surface area contributed by atoms with E-state index in [9.17, 15) is 9.59 Å². The van der Waals surface area contributed by atoms with Gasteiger partial charge in [0.2, 0.25) is 0 Å². The molecule has 1 heterocycles. The van der Waals surface area contributed by atoms with Gasteiger partial charge in [-0.3, -0.25) is 9.59 Å². The van der Waals surface area contributed by atoms with E-state index in [1.54, 1.807) is 42.5 Å². The second-order valence-electron chi connectivity index (χ2n) is 5.20. The third-order valence-electron chi connectivity index (χ3n) is 3.59. The van der Waals surface area contributed by atoms with Crippen molar-refractivity contribution in [3.8, 4) is 0 Å². The fraction of sp³-hybridized carbons (Fsp3) is 0.0588.